The van der Waals surface area contributed by atoms with Crippen LogP contribution in [0, 0.1) is 0 Å². The lowest BCUT2D eigenvalue weighted by Gasteiger charge is -2.22. The highest BCUT2D eigenvalue weighted by atomic mass is 16.4. The number of aliphatic carboxylic acids is 1. The zero-order valence-electron chi connectivity index (χ0n) is 17.9. The molecule has 2 amide bonds. The van der Waals surface area contributed by atoms with E-state index < -0.39 is 18.1 Å². The number of Topliss-reactive ketones (excluding diaryl/α,β-unsaturated/α-hetero) is 1. The molecule has 2 atom stereocenters. The van der Waals surface area contributed by atoms with Crippen LogP contribution in [0.2, 0.25) is 0 Å². The molecule has 2 N–H and O–H groups in total. The first-order valence-corrected chi connectivity index (χ1v) is 10.9. The van der Waals surface area contributed by atoms with Gasteiger partial charge in [-0.25, -0.2) is 4.79 Å². The molecule has 0 spiro atoms. The number of carboxylic acid groups (broad SMARTS) is 1. The van der Waals surface area contributed by atoms with Gasteiger partial charge in [-0.2, -0.15) is 0 Å². The molecule has 1 fully saturated rings. The average Bonchev–Trinajstić information content (AvgIpc) is 3.30. The van der Waals surface area contributed by atoms with Crippen LogP contribution in [0.1, 0.15) is 48.0 Å². The van der Waals surface area contributed by atoms with E-state index >= 15 is 0 Å². The van der Waals surface area contributed by atoms with E-state index in [4.69, 9.17) is 0 Å². The maximum atomic E-state index is 13.0. The van der Waals surface area contributed by atoms with Crippen LogP contribution in [0.15, 0.2) is 60.7 Å². The first kappa shape index (κ1) is 23.2. The van der Waals surface area contributed by atoms with Gasteiger partial charge in [0.05, 0.1) is 6.04 Å². The molecule has 1 unspecified atom stereocenters. The third kappa shape index (κ3) is 6.26. The summed E-state index contributed by atoms with van der Waals surface area (Å²) in [6, 6.07) is 16.7. The Morgan fingerprint density at radius 1 is 0.969 bits per heavy atom. The predicted octanol–water partition coefficient (Wildman–Crippen LogP) is 2.84. The summed E-state index contributed by atoms with van der Waals surface area (Å²) in [5.74, 6) is -1.70. The number of likely N-dealkylation sites (tertiary alicyclic amines) is 1. The second-order valence-corrected chi connectivity index (χ2v) is 7.99. The van der Waals surface area contributed by atoms with Gasteiger partial charge in [-0.1, -0.05) is 48.5 Å². The Hall–Kier alpha value is -3.48. The van der Waals surface area contributed by atoms with Crippen LogP contribution in [0.5, 0.6) is 0 Å². The molecule has 7 heteroatoms. The largest absolute Gasteiger partial charge is 0.480 e. The van der Waals surface area contributed by atoms with Crippen LogP contribution in [0.3, 0.4) is 0 Å². The predicted molar refractivity (Wildman–Crippen MR) is 119 cm³/mol. The lowest BCUT2D eigenvalue weighted by atomic mass is 9.98. The van der Waals surface area contributed by atoms with Crippen molar-refractivity contribution in [2.24, 2.45) is 0 Å². The molecule has 1 saturated heterocycles. The molecule has 7 nitrogen and oxygen atoms in total. The summed E-state index contributed by atoms with van der Waals surface area (Å²) >= 11 is 0. The zero-order valence-corrected chi connectivity index (χ0v) is 17.9. The monoisotopic (exact) mass is 436 g/mol. The fourth-order valence-electron chi connectivity index (χ4n) is 3.98. The van der Waals surface area contributed by atoms with Gasteiger partial charge >= 0.3 is 5.97 Å². The van der Waals surface area contributed by atoms with Crippen LogP contribution < -0.4 is 5.32 Å². The second-order valence-electron chi connectivity index (χ2n) is 7.99. The molecule has 1 heterocycles. The molecule has 0 aromatic heterocycles. The second kappa shape index (κ2) is 11.2. The Morgan fingerprint density at radius 3 is 2.28 bits per heavy atom. The van der Waals surface area contributed by atoms with E-state index in [-0.39, 0.29) is 30.4 Å². The maximum Gasteiger partial charge on any atom is 0.326 e. The Bertz CT molecular complexity index is 945. The summed E-state index contributed by atoms with van der Waals surface area (Å²) in [4.78, 5) is 50.7. The van der Waals surface area contributed by atoms with Crippen molar-refractivity contribution in [1.82, 2.24) is 10.2 Å². The van der Waals surface area contributed by atoms with Gasteiger partial charge < -0.3 is 15.3 Å². The van der Waals surface area contributed by atoms with Gasteiger partial charge in [-0.15, -0.1) is 0 Å². The molecule has 0 bridgehead atoms. The van der Waals surface area contributed by atoms with Gasteiger partial charge in [0, 0.05) is 24.9 Å². The minimum Gasteiger partial charge on any atom is -0.480 e. The van der Waals surface area contributed by atoms with E-state index in [0.717, 1.165) is 5.56 Å². The molecule has 2 aromatic carbocycles. The van der Waals surface area contributed by atoms with Crippen molar-refractivity contribution in [3.05, 3.63) is 71.8 Å². The quantitative estimate of drug-likeness (QED) is 0.596. The minimum absolute atomic E-state index is 0.111. The first-order chi connectivity index (χ1) is 15.5. The van der Waals surface area contributed by atoms with Crippen molar-refractivity contribution in [2.75, 3.05) is 6.54 Å². The van der Waals surface area contributed by atoms with Crippen molar-refractivity contribution in [3.63, 3.8) is 0 Å². The van der Waals surface area contributed by atoms with E-state index in [1.807, 2.05) is 36.4 Å². The third-order valence-electron chi connectivity index (χ3n) is 5.68. The molecular formula is C25H28N2O5. The first-order valence-electron chi connectivity index (χ1n) is 10.9. The average molecular weight is 437 g/mol. The van der Waals surface area contributed by atoms with Gasteiger partial charge in [0.2, 0.25) is 5.91 Å². The summed E-state index contributed by atoms with van der Waals surface area (Å²) in [5, 5.41) is 12.1. The van der Waals surface area contributed by atoms with Crippen molar-refractivity contribution in [3.8, 4) is 0 Å². The van der Waals surface area contributed by atoms with E-state index in [0.29, 0.717) is 37.8 Å². The number of hydrogen-bond donors (Lipinski definition) is 2. The number of carbonyl (C=O) groups is 4. The lowest BCUT2D eigenvalue weighted by Crippen LogP contribution is -2.42. The fourth-order valence-corrected chi connectivity index (χ4v) is 3.98. The summed E-state index contributed by atoms with van der Waals surface area (Å²) in [5.41, 5.74) is 1.40. The number of hydrogen-bond acceptors (Lipinski definition) is 4. The number of ketones is 1. The zero-order chi connectivity index (χ0) is 22.9. The summed E-state index contributed by atoms with van der Waals surface area (Å²) in [6.07, 6.45) is 2.05. The standard InChI is InChI=1S/C25H28N2O5/c28-22(14-7-15-23(29)27-16-8-13-21(27)25(31)32)20(17-18-9-3-1-4-10-18)26-24(30)19-11-5-2-6-12-19/h1-6,9-12,20-21H,7-8,13-17H2,(H,26,30)(H,31,32)/t20?,21-/m0/s1. The third-order valence-corrected chi connectivity index (χ3v) is 5.68. The van der Waals surface area contributed by atoms with Gasteiger partial charge in [-0.05, 0) is 43.4 Å². The Balaban J connectivity index is 1.59. The topological polar surface area (TPSA) is 104 Å². The molecule has 1 aliphatic rings. The summed E-state index contributed by atoms with van der Waals surface area (Å²) < 4.78 is 0. The van der Waals surface area contributed by atoms with Gasteiger partial charge in [0.25, 0.3) is 5.91 Å². The van der Waals surface area contributed by atoms with Crippen LogP contribution in [-0.2, 0) is 20.8 Å². The van der Waals surface area contributed by atoms with E-state index in [1.54, 1.807) is 24.3 Å². The van der Waals surface area contributed by atoms with Gasteiger partial charge in [0.1, 0.15) is 6.04 Å². The van der Waals surface area contributed by atoms with Crippen molar-refractivity contribution < 1.29 is 24.3 Å². The molecule has 1 aliphatic heterocycles. The van der Waals surface area contributed by atoms with Crippen LogP contribution >= 0.6 is 0 Å². The number of rotatable bonds is 10. The highest BCUT2D eigenvalue weighted by molar-refractivity contribution is 5.98. The summed E-state index contributed by atoms with van der Waals surface area (Å²) in [6.45, 7) is 0.438. The fraction of sp³-hybridized carbons (Fsp3) is 0.360. The number of amides is 2. The SMILES string of the molecule is O=C(NC(Cc1ccccc1)C(=O)CCCC(=O)N1CCC[C@H]1C(=O)O)c1ccccc1. The van der Waals surface area contributed by atoms with E-state index in [9.17, 15) is 24.3 Å². The molecule has 0 radical (unpaired) electrons. The number of nitrogens with zero attached hydrogens (tertiary/aromatic N) is 1. The normalized spacial score (nSPS) is 16.4. The van der Waals surface area contributed by atoms with Crippen LogP contribution in [0.4, 0.5) is 0 Å². The number of nitrogens with one attached hydrogen (secondary N) is 1. The van der Waals surface area contributed by atoms with Crippen molar-refractivity contribution in [2.45, 2.75) is 50.6 Å². The number of carbonyl (C=O) groups excluding carboxylic acids is 3. The Kier molecular flexibility index (Phi) is 8.14. The molecule has 0 aliphatic carbocycles. The van der Waals surface area contributed by atoms with Crippen molar-refractivity contribution >= 4 is 23.6 Å². The number of carboxylic acids is 1. The van der Waals surface area contributed by atoms with Gasteiger partial charge in [0.15, 0.2) is 5.78 Å². The molecule has 2 aromatic rings. The molecule has 32 heavy (non-hydrogen) atoms. The van der Waals surface area contributed by atoms with Crippen LogP contribution in [0.25, 0.3) is 0 Å². The molecule has 0 saturated carbocycles. The smallest absolute Gasteiger partial charge is 0.326 e. The Morgan fingerprint density at radius 2 is 1.62 bits per heavy atom. The maximum absolute atomic E-state index is 13.0. The van der Waals surface area contributed by atoms with E-state index in [2.05, 4.69) is 5.32 Å². The van der Waals surface area contributed by atoms with E-state index in [1.165, 1.54) is 4.90 Å². The molecular weight excluding hydrogens is 408 g/mol. The number of benzene rings is 2. The van der Waals surface area contributed by atoms with Crippen molar-refractivity contribution in [1.29, 1.82) is 0 Å². The highest BCUT2D eigenvalue weighted by Crippen LogP contribution is 2.19. The Labute approximate surface area is 187 Å². The molecule has 168 valence electrons. The lowest BCUT2D eigenvalue weighted by molar-refractivity contribution is -0.148. The van der Waals surface area contributed by atoms with Gasteiger partial charge in [-0.3, -0.25) is 14.4 Å². The molecule has 3 rings (SSSR count). The highest BCUT2D eigenvalue weighted by Gasteiger charge is 2.33. The van der Waals surface area contributed by atoms with Crippen LogP contribution in [-0.4, -0.2) is 52.2 Å². The minimum atomic E-state index is -0.988. The summed E-state index contributed by atoms with van der Waals surface area (Å²) in [7, 11) is 0.